The third kappa shape index (κ3) is 53.3. The number of halogens is 3. The van der Waals surface area contributed by atoms with Gasteiger partial charge in [0.15, 0.2) is 0 Å². The highest BCUT2D eigenvalue weighted by molar-refractivity contribution is 8.93. The largest absolute Gasteiger partial charge is 0.331 e. The molecule has 0 atom stereocenters. The van der Waals surface area contributed by atoms with Crippen LogP contribution in [0.15, 0.2) is 0 Å². The van der Waals surface area contributed by atoms with E-state index in [9.17, 15) is 0 Å². The van der Waals surface area contributed by atoms with Gasteiger partial charge in [-0.1, -0.05) is 6.92 Å². The lowest BCUT2D eigenvalue weighted by molar-refractivity contribution is 1.14. The molecule has 0 radical (unpaired) electrons. The van der Waals surface area contributed by atoms with Crippen LogP contribution in [-0.2, 0) is 0 Å². The molecular formula is C2H10Br3N. The molecule has 0 spiro atoms. The van der Waals surface area contributed by atoms with Crippen molar-refractivity contribution in [3.05, 3.63) is 0 Å². The molecule has 0 aromatic rings. The van der Waals surface area contributed by atoms with Crippen molar-refractivity contribution in [2.24, 2.45) is 5.73 Å². The van der Waals surface area contributed by atoms with Crippen molar-refractivity contribution >= 4 is 50.9 Å². The minimum Gasteiger partial charge on any atom is -0.331 e. The van der Waals surface area contributed by atoms with Gasteiger partial charge in [-0.05, 0) is 6.54 Å². The van der Waals surface area contributed by atoms with Crippen LogP contribution in [0.5, 0.6) is 0 Å². The molecule has 0 amide bonds. The summed E-state index contributed by atoms with van der Waals surface area (Å²) < 4.78 is 0. The Morgan fingerprint density at radius 2 is 1.17 bits per heavy atom. The Morgan fingerprint density at radius 3 is 1.17 bits per heavy atom. The van der Waals surface area contributed by atoms with Crippen molar-refractivity contribution in [2.75, 3.05) is 6.54 Å². The van der Waals surface area contributed by atoms with Crippen LogP contribution < -0.4 is 5.73 Å². The van der Waals surface area contributed by atoms with Gasteiger partial charge in [0.1, 0.15) is 0 Å². The van der Waals surface area contributed by atoms with Crippen LogP contribution in [0.2, 0.25) is 0 Å². The predicted molar refractivity (Wildman–Crippen MR) is 45.7 cm³/mol. The number of rotatable bonds is 0. The highest BCUT2D eigenvalue weighted by Crippen LogP contribution is 1.20. The van der Waals surface area contributed by atoms with E-state index in [-0.39, 0.29) is 50.9 Å². The molecule has 4 heteroatoms. The predicted octanol–water partition coefficient (Wildman–Crippen LogP) is 1.70. The van der Waals surface area contributed by atoms with Crippen LogP contribution in [0.3, 0.4) is 0 Å². The maximum Gasteiger partial charge on any atom is -0.0106 e. The average Bonchev–Trinajstić information content (AvgIpc) is 0.918. The van der Waals surface area contributed by atoms with Gasteiger partial charge in [-0.2, -0.15) is 0 Å². The van der Waals surface area contributed by atoms with E-state index < -0.39 is 0 Å². The van der Waals surface area contributed by atoms with Gasteiger partial charge in [0.2, 0.25) is 0 Å². The molecule has 0 heterocycles. The second kappa shape index (κ2) is 32.4. The van der Waals surface area contributed by atoms with E-state index >= 15 is 0 Å². The standard InChI is InChI=1S/C2H7N.3BrH/c1-2-3;;;/h2-3H2,1H3;3*1H. The van der Waals surface area contributed by atoms with Gasteiger partial charge in [-0.3, -0.25) is 0 Å². The second-order valence-electron chi connectivity index (χ2n) is 0.408. The quantitative estimate of drug-likeness (QED) is 0.721. The summed E-state index contributed by atoms with van der Waals surface area (Å²) in [5.74, 6) is 0. The Bertz CT molecular complexity index is 8.75. The summed E-state index contributed by atoms with van der Waals surface area (Å²) in [5, 5.41) is 0. The van der Waals surface area contributed by atoms with Crippen molar-refractivity contribution in [1.82, 2.24) is 0 Å². The van der Waals surface area contributed by atoms with Crippen LogP contribution in [0.1, 0.15) is 6.92 Å². The van der Waals surface area contributed by atoms with E-state index in [4.69, 9.17) is 5.73 Å². The summed E-state index contributed by atoms with van der Waals surface area (Å²) >= 11 is 0. The molecule has 0 aliphatic heterocycles. The van der Waals surface area contributed by atoms with Crippen LogP contribution in [0.4, 0.5) is 0 Å². The first-order valence-corrected chi connectivity index (χ1v) is 1.12. The second-order valence-corrected chi connectivity index (χ2v) is 0.408. The Morgan fingerprint density at radius 1 is 1.17 bits per heavy atom. The van der Waals surface area contributed by atoms with E-state index in [1.54, 1.807) is 0 Å². The first kappa shape index (κ1) is 26.2. The summed E-state index contributed by atoms with van der Waals surface area (Å²) in [6.07, 6.45) is 0. The molecule has 0 bridgehead atoms. The molecule has 0 aliphatic carbocycles. The summed E-state index contributed by atoms with van der Waals surface area (Å²) in [6, 6.07) is 0. The Labute approximate surface area is 70.0 Å². The van der Waals surface area contributed by atoms with Crippen molar-refractivity contribution in [1.29, 1.82) is 0 Å². The maximum atomic E-state index is 4.85. The summed E-state index contributed by atoms with van der Waals surface area (Å²) in [6.45, 7) is 2.65. The van der Waals surface area contributed by atoms with Crippen LogP contribution in [-0.4, -0.2) is 6.54 Å². The van der Waals surface area contributed by atoms with Gasteiger partial charge in [-0.25, -0.2) is 0 Å². The molecule has 0 unspecified atom stereocenters. The fourth-order valence-electron chi connectivity index (χ4n) is 0. The minimum absolute atomic E-state index is 0. The molecular weight excluding hydrogens is 278 g/mol. The first-order valence-electron chi connectivity index (χ1n) is 1.12. The molecule has 1 nitrogen and oxygen atoms in total. The van der Waals surface area contributed by atoms with Crippen molar-refractivity contribution in [2.45, 2.75) is 6.92 Å². The SMILES string of the molecule is Br.Br.Br.CCN. The topological polar surface area (TPSA) is 26.0 Å². The zero-order valence-electron chi connectivity index (χ0n) is 3.51. The summed E-state index contributed by atoms with van der Waals surface area (Å²) in [4.78, 5) is 0. The average molecular weight is 288 g/mol. The van der Waals surface area contributed by atoms with Gasteiger partial charge in [0, 0.05) is 0 Å². The molecule has 0 rings (SSSR count). The van der Waals surface area contributed by atoms with Gasteiger partial charge in [0.25, 0.3) is 0 Å². The van der Waals surface area contributed by atoms with Crippen molar-refractivity contribution in [3.63, 3.8) is 0 Å². The normalized spacial score (nSPS) is 3.00. The van der Waals surface area contributed by atoms with Gasteiger partial charge < -0.3 is 5.73 Å². The summed E-state index contributed by atoms with van der Waals surface area (Å²) in [5.41, 5.74) is 4.85. The molecule has 0 fully saturated rings. The van der Waals surface area contributed by atoms with E-state index in [0.29, 0.717) is 0 Å². The van der Waals surface area contributed by atoms with Crippen LogP contribution in [0, 0.1) is 0 Å². The van der Waals surface area contributed by atoms with Gasteiger partial charge in [0.05, 0.1) is 0 Å². The van der Waals surface area contributed by atoms with E-state index in [0.717, 1.165) is 6.54 Å². The lowest BCUT2D eigenvalue weighted by Gasteiger charge is -1.53. The lowest BCUT2D eigenvalue weighted by atomic mass is 10.8. The highest BCUT2D eigenvalue weighted by atomic mass is 79.9. The molecule has 6 heavy (non-hydrogen) atoms. The fraction of sp³-hybridized carbons (Fsp3) is 1.00. The zero-order valence-corrected chi connectivity index (χ0v) is 8.65. The van der Waals surface area contributed by atoms with Crippen molar-refractivity contribution in [3.8, 4) is 0 Å². The molecule has 0 saturated heterocycles. The van der Waals surface area contributed by atoms with E-state index in [1.165, 1.54) is 0 Å². The van der Waals surface area contributed by atoms with Gasteiger partial charge >= 0.3 is 0 Å². The van der Waals surface area contributed by atoms with Crippen molar-refractivity contribution < 1.29 is 0 Å². The van der Waals surface area contributed by atoms with Crippen LogP contribution >= 0.6 is 50.9 Å². The molecule has 0 aromatic heterocycles. The Hall–Kier alpha value is 1.40. The number of nitrogens with two attached hydrogens (primary N) is 1. The smallest absolute Gasteiger partial charge is 0.0106 e. The molecule has 0 aliphatic rings. The highest BCUT2D eigenvalue weighted by Gasteiger charge is 1.32. The zero-order chi connectivity index (χ0) is 2.71. The van der Waals surface area contributed by atoms with Gasteiger partial charge in [-0.15, -0.1) is 50.9 Å². The third-order valence-electron chi connectivity index (χ3n) is 0. The maximum absolute atomic E-state index is 4.85. The first-order chi connectivity index (χ1) is 1.41. The molecule has 0 saturated carbocycles. The van der Waals surface area contributed by atoms with E-state index in [2.05, 4.69) is 0 Å². The molecule has 0 aromatic carbocycles. The minimum atomic E-state index is 0. The number of hydrogen-bond donors (Lipinski definition) is 1. The van der Waals surface area contributed by atoms with E-state index in [1.807, 2.05) is 6.92 Å². The Kier molecular flexibility index (Phi) is 142. The van der Waals surface area contributed by atoms with Crippen LogP contribution in [0.25, 0.3) is 0 Å². The fourth-order valence-corrected chi connectivity index (χ4v) is 0. The monoisotopic (exact) mass is 285 g/mol. The third-order valence-corrected chi connectivity index (χ3v) is 0. The lowest BCUT2D eigenvalue weighted by Crippen LogP contribution is -1.87. The Balaban J connectivity index is -0.00000000667. The number of hydrogen-bond acceptors (Lipinski definition) is 1. The summed E-state index contributed by atoms with van der Waals surface area (Å²) in [7, 11) is 0. The molecule has 2 N–H and O–H groups in total. The molecule has 44 valence electrons.